The lowest BCUT2D eigenvalue weighted by Gasteiger charge is -2.41. The molecule has 4 rings (SSSR count). The predicted molar refractivity (Wildman–Crippen MR) is 141 cm³/mol. The summed E-state index contributed by atoms with van der Waals surface area (Å²) < 4.78 is 123. The van der Waals surface area contributed by atoms with Gasteiger partial charge in [-0.2, -0.15) is 18.4 Å². The summed E-state index contributed by atoms with van der Waals surface area (Å²) in [6.07, 6.45) is -4.17. The Morgan fingerprint density at radius 2 is 1.63 bits per heavy atom. The highest BCUT2D eigenvalue weighted by atomic mass is 32.2. The number of urea groups is 1. The number of carbonyl (C=O) groups excluding carboxylic acids is 1. The summed E-state index contributed by atoms with van der Waals surface area (Å²) in [6.45, 7) is 8.96. The standard InChI is InChI=1S/C27H17F5N4O5S2/c1-15-24(34-2)25(19-11-10-16(14-33)12-22(19)42(3,38)39)36(43(40,41)21-9-5-8-20(28)23(21)29)26(37)35(15)18-7-4-6-17(13-18)27(30,31)32/h4-13,25H,1,3H3/t25-/m1/s1. The van der Waals surface area contributed by atoms with Gasteiger partial charge < -0.3 is 0 Å². The second kappa shape index (κ2) is 10.8. The fourth-order valence-electron chi connectivity index (χ4n) is 4.50. The van der Waals surface area contributed by atoms with Crippen LogP contribution in [0.1, 0.15) is 29.7 Å². The van der Waals surface area contributed by atoms with E-state index in [1.807, 2.05) is 0 Å². The van der Waals surface area contributed by atoms with Crippen molar-refractivity contribution in [2.45, 2.75) is 28.9 Å². The van der Waals surface area contributed by atoms with Crippen LogP contribution < -0.4 is 4.90 Å². The van der Waals surface area contributed by atoms with Crippen molar-refractivity contribution in [1.29, 1.82) is 5.26 Å². The highest BCUT2D eigenvalue weighted by molar-refractivity contribution is 7.91. The normalized spacial score (nSPS) is 16.2. The number of benzene rings is 3. The van der Waals surface area contributed by atoms with E-state index in [1.165, 1.54) is 0 Å². The molecule has 222 valence electrons. The van der Waals surface area contributed by atoms with Crippen LogP contribution in [-0.2, 0) is 26.0 Å². The lowest BCUT2D eigenvalue weighted by molar-refractivity contribution is -0.137. The van der Waals surface area contributed by atoms with Crippen LogP contribution in [0.5, 0.6) is 0 Å². The summed E-state index contributed by atoms with van der Waals surface area (Å²) in [5.74, 6) is -3.53. The Morgan fingerprint density at radius 1 is 0.977 bits per heavy atom. The van der Waals surface area contributed by atoms with Crippen LogP contribution in [0.25, 0.3) is 4.85 Å². The van der Waals surface area contributed by atoms with Crippen LogP contribution in [0.3, 0.4) is 0 Å². The van der Waals surface area contributed by atoms with Gasteiger partial charge in [-0.3, -0.25) is 4.90 Å². The van der Waals surface area contributed by atoms with Crippen LogP contribution >= 0.6 is 0 Å². The van der Waals surface area contributed by atoms with E-state index in [0.717, 1.165) is 43.3 Å². The first-order valence-corrected chi connectivity index (χ1v) is 15.1. The zero-order valence-electron chi connectivity index (χ0n) is 21.9. The molecule has 0 spiro atoms. The van der Waals surface area contributed by atoms with Gasteiger partial charge in [-0.25, -0.2) is 39.6 Å². The summed E-state index contributed by atoms with van der Waals surface area (Å²) in [4.78, 5) is 15.8. The Morgan fingerprint density at radius 3 is 2.21 bits per heavy atom. The average molecular weight is 637 g/mol. The fraction of sp³-hybridized carbons (Fsp3) is 0.148. The summed E-state index contributed by atoms with van der Waals surface area (Å²) in [5.41, 5.74) is -3.46. The summed E-state index contributed by atoms with van der Waals surface area (Å²) in [7, 11) is -9.82. The first-order valence-electron chi connectivity index (χ1n) is 11.8. The number of amides is 2. The third-order valence-corrected chi connectivity index (χ3v) is 9.33. The number of hydrogen-bond donors (Lipinski definition) is 0. The van der Waals surface area contributed by atoms with Crippen LogP contribution in [-0.4, -0.2) is 33.4 Å². The van der Waals surface area contributed by atoms with E-state index in [4.69, 9.17) is 6.57 Å². The molecule has 0 fully saturated rings. The van der Waals surface area contributed by atoms with Crippen molar-refractivity contribution in [2.75, 3.05) is 11.2 Å². The number of halogens is 5. The second-order valence-electron chi connectivity index (χ2n) is 9.14. The molecule has 0 bridgehead atoms. The lowest BCUT2D eigenvalue weighted by atomic mass is 9.98. The molecule has 1 atom stereocenters. The Labute approximate surface area is 242 Å². The third kappa shape index (κ3) is 5.42. The molecule has 1 aliphatic rings. The molecule has 0 radical (unpaired) electrons. The van der Waals surface area contributed by atoms with Crippen LogP contribution in [0.2, 0.25) is 0 Å². The van der Waals surface area contributed by atoms with Gasteiger partial charge in [-0.1, -0.05) is 18.2 Å². The monoisotopic (exact) mass is 636 g/mol. The maximum atomic E-state index is 14.9. The van der Waals surface area contributed by atoms with Crippen molar-refractivity contribution in [3.05, 3.63) is 112 Å². The molecule has 16 heteroatoms. The Bertz CT molecular complexity index is 2010. The minimum Gasteiger partial charge on any atom is -0.277 e. The van der Waals surface area contributed by atoms with Gasteiger partial charge in [0.05, 0.1) is 28.7 Å². The van der Waals surface area contributed by atoms with Crippen LogP contribution in [0.4, 0.5) is 32.4 Å². The quantitative estimate of drug-likeness (QED) is 0.259. The Balaban J connectivity index is 2.14. The van der Waals surface area contributed by atoms with Crippen molar-refractivity contribution < 1.29 is 43.6 Å². The van der Waals surface area contributed by atoms with Gasteiger partial charge >= 0.3 is 12.2 Å². The minimum atomic E-state index is -5.52. The van der Waals surface area contributed by atoms with Crippen molar-refractivity contribution in [3.8, 4) is 6.07 Å². The van der Waals surface area contributed by atoms with Crippen LogP contribution in [0.15, 0.2) is 81.8 Å². The molecular weight excluding hydrogens is 619 g/mol. The first kappa shape index (κ1) is 31.1. The van der Waals surface area contributed by atoms with Gasteiger partial charge in [-0.15, -0.1) is 0 Å². The molecule has 3 aromatic rings. The summed E-state index contributed by atoms with van der Waals surface area (Å²) in [6, 6.07) is 6.07. The zero-order valence-corrected chi connectivity index (χ0v) is 23.5. The molecule has 1 heterocycles. The van der Waals surface area contributed by atoms with E-state index >= 15 is 0 Å². The van der Waals surface area contributed by atoms with E-state index in [-0.39, 0.29) is 15.6 Å². The van der Waals surface area contributed by atoms with E-state index in [1.54, 1.807) is 6.07 Å². The topological polar surface area (TPSA) is 120 Å². The lowest BCUT2D eigenvalue weighted by Crippen LogP contribution is -2.52. The van der Waals surface area contributed by atoms with Crippen LogP contribution in [0, 0.1) is 29.5 Å². The van der Waals surface area contributed by atoms with Crippen molar-refractivity contribution in [1.82, 2.24) is 4.31 Å². The Hall–Kier alpha value is -4.80. The SMILES string of the molecule is [C-]#[N+]C1=C(C)N(c2cccc(C(F)(F)F)c2)C(=O)N(S(=O)(=O)c2cccc(F)c2F)[C@@H]1c1ccc(C#N)cc1S(C)(=O)=O. The van der Waals surface area contributed by atoms with Gasteiger partial charge in [0, 0.05) is 17.6 Å². The molecule has 2 amide bonds. The van der Waals surface area contributed by atoms with Gasteiger partial charge in [0.2, 0.25) is 5.70 Å². The molecule has 3 aromatic carbocycles. The molecule has 0 saturated carbocycles. The fourth-order valence-corrected chi connectivity index (χ4v) is 7.01. The largest absolute Gasteiger partial charge is 0.416 e. The van der Waals surface area contributed by atoms with Gasteiger partial charge in [0.1, 0.15) is 10.9 Å². The van der Waals surface area contributed by atoms with E-state index in [2.05, 4.69) is 4.85 Å². The highest BCUT2D eigenvalue weighted by Crippen LogP contribution is 2.45. The minimum absolute atomic E-state index is 0.0818. The average Bonchev–Trinajstić information content (AvgIpc) is 2.93. The second-order valence-corrected chi connectivity index (χ2v) is 12.9. The van der Waals surface area contributed by atoms with E-state index < -0.39 is 82.0 Å². The third-order valence-electron chi connectivity index (χ3n) is 6.42. The number of alkyl halides is 3. The molecule has 0 saturated heterocycles. The predicted octanol–water partition coefficient (Wildman–Crippen LogP) is 5.78. The molecule has 0 aromatic heterocycles. The number of nitrogens with zero attached hydrogens (tertiary/aromatic N) is 4. The number of carbonyl (C=O) groups is 1. The van der Waals surface area contributed by atoms with Crippen molar-refractivity contribution >= 4 is 31.6 Å². The van der Waals surface area contributed by atoms with E-state index in [0.29, 0.717) is 35.4 Å². The number of sulfone groups is 1. The Kier molecular flexibility index (Phi) is 7.82. The first-order chi connectivity index (χ1) is 19.9. The number of allylic oxidation sites excluding steroid dienone is 1. The molecule has 9 nitrogen and oxygen atoms in total. The van der Waals surface area contributed by atoms with E-state index in [9.17, 15) is 48.8 Å². The number of nitriles is 1. The maximum Gasteiger partial charge on any atom is 0.416 e. The molecule has 0 unspecified atom stereocenters. The van der Waals surface area contributed by atoms with Gasteiger partial charge in [0.15, 0.2) is 21.5 Å². The highest BCUT2D eigenvalue weighted by Gasteiger charge is 2.49. The maximum absolute atomic E-state index is 14.9. The number of sulfonamides is 1. The summed E-state index contributed by atoms with van der Waals surface area (Å²) in [5, 5.41) is 9.31. The zero-order chi connectivity index (χ0) is 32.1. The van der Waals surface area contributed by atoms with Gasteiger partial charge in [-0.05, 0) is 55.0 Å². The molecule has 1 aliphatic heterocycles. The molecular formula is C27H17F5N4O5S2. The molecule has 0 N–H and O–H groups in total. The van der Waals surface area contributed by atoms with Crippen molar-refractivity contribution in [2.24, 2.45) is 0 Å². The number of rotatable bonds is 5. The summed E-state index contributed by atoms with van der Waals surface area (Å²) >= 11 is 0. The number of hydrogen-bond acceptors (Lipinski definition) is 6. The molecule has 0 aliphatic carbocycles. The van der Waals surface area contributed by atoms with Gasteiger partial charge in [0.25, 0.3) is 10.0 Å². The van der Waals surface area contributed by atoms with Crippen molar-refractivity contribution in [3.63, 3.8) is 0 Å². The number of anilines is 1. The smallest absolute Gasteiger partial charge is 0.277 e. The molecule has 43 heavy (non-hydrogen) atoms.